The van der Waals surface area contributed by atoms with Crippen LogP contribution in [-0.4, -0.2) is 125 Å². The third kappa shape index (κ3) is 16.0. The number of likely N-dealkylation sites (tertiary alicyclic amines) is 1. The van der Waals surface area contributed by atoms with Gasteiger partial charge in [-0.2, -0.15) is 0 Å². The molecule has 4 aromatic heterocycles. The quantitative estimate of drug-likeness (QED) is 0.0269. The summed E-state index contributed by atoms with van der Waals surface area (Å²) in [6.07, 6.45) is 8.29. The van der Waals surface area contributed by atoms with Crippen LogP contribution in [0.5, 0.6) is 5.75 Å². The minimum Gasteiger partial charge on any atom is -0.490 e. The molecule has 0 spiro atoms. The molecule has 0 aliphatic carbocycles. The predicted molar refractivity (Wildman–Crippen MR) is 283 cm³/mol. The van der Waals surface area contributed by atoms with Crippen LogP contribution in [0.4, 0.5) is 5.82 Å². The maximum absolute atomic E-state index is 14.0. The molecule has 20 nitrogen and oxygen atoms in total. The number of amides is 4. The largest absolute Gasteiger partial charge is 0.490 e. The summed E-state index contributed by atoms with van der Waals surface area (Å²) in [7, 11) is 0. The number of anilines is 1. The van der Waals surface area contributed by atoms with Crippen molar-refractivity contribution < 1.29 is 38.8 Å². The van der Waals surface area contributed by atoms with Crippen molar-refractivity contribution in [3.05, 3.63) is 52.9 Å². The van der Waals surface area contributed by atoms with E-state index in [9.17, 15) is 29.4 Å². The minimum absolute atomic E-state index is 0.0187. The van der Waals surface area contributed by atoms with Gasteiger partial charge in [0.2, 0.25) is 23.6 Å². The van der Waals surface area contributed by atoms with Gasteiger partial charge in [-0.15, -0.1) is 11.3 Å². The van der Waals surface area contributed by atoms with Crippen molar-refractivity contribution in [3.63, 3.8) is 0 Å². The number of β-amino-alcohol motifs (C(OH)–C–C–N with tert-alkyl or cyclic N) is 1. The van der Waals surface area contributed by atoms with Gasteiger partial charge < -0.3 is 51.4 Å². The van der Waals surface area contributed by atoms with E-state index in [-0.39, 0.29) is 55.4 Å². The maximum atomic E-state index is 14.0. The lowest BCUT2D eigenvalue weighted by atomic mass is 9.85. The maximum Gasteiger partial charge on any atom is 0.246 e. The molecule has 4 amide bonds. The van der Waals surface area contributed by atoms with E-state index < -0.39 is 29.2 Å². The number of imidazole rings is 1. The number of nitrogens with one attached hydrogen (secondary N) is 4. The number of rotatable bonds is 26. The lowest BCUT2D eigenvalue weighted by molar-refractivity contribution is -0.144. The fourth-order valence-corrected chi connectivity index (χ4v) is 9.50. The van der Waals surface area contributed by atoms with Gasteiger partial charge in [-0.05, 0) is 99.2 Å². The molecule has 1 aliphatic rings. The summed E-state index contributed by atoms with van der Waals surface area (Å²) in [6, 6.07) is 6.19. The van der Waals surface area contributed by atoms with Gasteiger partial charge in [0.05, 0.1) is 35.0 Å². The molecule has 0 bridgehead atoms. The van der Waals surface area contributed by atoms with Crippen molar-refractivity contribution in [2.24, 2.45) is 5.41 Å². The number of aliphatic hydroxyl groups excluding tert-OH is 1. The number of unbranched alkanes of at least 4 members (excludes halogenated alkanes) is 5. The molecular formula is C53H74N12O8S. The lowest BCUT2D eigenvalue weighted by Gasteiger charge is -2.35. The van der Waals surface area contributed by atoms with E-state index in [2.05, 4.69) is 53.4 Å². The minimum atomic E-state index is -1.23. The standard InChI is InChI=1S/C53H74N12O8S/c1-8-64-45-40(31-57-38(23-24-53(6,7)71)43(45)61-49(64)44-48(54)63-73-62-44)72-28-16-26-55-25-15-18-41(67)56-27-14-12-10-9-11-13-17-42(68)60-47(52(3,4)5)51(70)65-32-37(66)29-39(65)50(69)58-30-35-19-21-36(22-20-35)46-34(2)59-33-74-46/h19-22,31,33,37,39,47,55,66,71H,8-18,25-30,32H2,1-7H3,(H2,54,63)(H,56,67)(H,58,69)(H,60,68). The zero-order chi connectivity index (χ0) is 53.4. The number of ether oxygens (including phenoxy) is 1. The molecule has 5 heterocycles. The number of pyridine rings is 1. The SMILES string of the molecule is CCn1c(-c2nonc2N)nc2c(C#CC(C)(C)O)ncc(OCCCNCCCC(=O)NCCCCCCCCC(=O)NC(C(=O)N3CC(O)CC3C(=O)NCc3ccc(-c4scnc4C)cc3)C(C)(C)C)c21. The first-order chi connectivity index (χ1) is 35.3. The Balaban J connectivity index is 0.814. The Kier molecular flexibility index (Phi) is 20.5. The highest BCUT2D eigenvalue weighted by Gasteiger charge is 2.44. The van der Waals surface area contributed by atoms with Gasteiger partial charge in [-0.3, -0.25) is 19.2 Å². The Bertz CT molecular complexity index is 2730. The zero-order valence-electron chi connectivity index (χ0n) is 43.9. The second-order valence-electron chi connectivity index (χ2n) is 20.4. The number of fused-ring (bicyclic) bond motifs is 1. The van der Waals surface area contributed by atoms with Crippen molar-refractivity contribution in [3.8, 4) is 39.5 Å². The Morgan fingerprint density at radius 3 is 2.32 bits per heavy atom. The fraction of sp³-hybridized carbons (Fsp3) is 0.566. The van der Waals surface area contributed by atoms with E-state index in [4.69, 9.17) is 20.1 Å². The summed E-state index contributed by atoms with van der Waals surface area (Å²) in [6.45, 7) is 15.9. The highest BCUT2D eigenvalue weighted by atomic mass is 32.1. The van der Waals surface area contributed by atoms with Gasteiger partial charge >= 0.3 is 0 Å². The van der Waals surface area contributed by atoms with E-state index in [0.29, 0.717) is 92.5 Å². The second-order valence-corrected chi connectivity index (χ2v) is 21.2. The van der Waals surface area contributed by atoms with Gasteiger partial charge in [-0.1, -0.05) is 76.6 Å². The summed E-state index contributed by atoms with van der Waals surface area (Å²) < 4.78 is 12.9. The number of nitrogens with zero attached hydrogens (tertiary/aromatic N) is 7. The highest BCUT2D eigenvalue weighted by molar-refractivity contribution is 7.13. The number of hydrogen-bond acceptors (Lipinski definition) is 16. The van der Waals surface area contributed by atoms with Crippen LogP contribution in [0.25, 0.3) is 33.0 Å². The molecule has 6 rings (SSSR count). The molecule has 3 atom stereocenters. The van der Waals surface area contributed by atoms with Crippen LogP contribution >= 0.6 is 11.3 Å². The van der Waals surface area contributed by atoms with Crippen molar-refractivity contribution in [2.75, 3.05) is 38.5 Å². The Morgan fingerprint density at radius 1 is 0.932 bits per heavy atom. The fourth-order valence-electron chi connectivity index (χ4n) is 8.69. The third-order valence-corrected chi connectivity index (χ3v) is 13.6. The van der Waals surface area contributed by atoms with Crippen molar-refractivity contribution in [1.29, 1.82) is 0 Å². The average Bonchev–Trinajstić information content (AvgIpc) is 4.17. The first-order valence-electron chi connectivity index (χ1n) is 25.7. The van der Waals surface area contributed by atoms with Gasteiger partial charge in [0.1, 0.15) is 34.4 Å². The zero-order valence-corrected chi connectivity index (χ0v) is 44.7. The number of nitrogen functional groups attached to an aromatic ring is 1. The van der Waals surface area contributed by atoms with E-state index >= 15 is 0 Å². The summed E-state index contributed by atoms with van der Waals surface area (Å²) >= 11 is 1.58. The number of carbonyl (C=O) groups is 4. The van der Waals surface area contributed by atoms with Crippen LogP contribution in [0.15, 0.2) is 40.6 Å². The van der Waals surface area contributed by atoms with E-state index in [1.807, 2.05) is 69.0 Å². The van der Waals surface area contributed by atoms with Crippen LogP contribution in [-0.2, 0) is 32.3 Å². The normalized spacial score (nSPS) is 15.2. The molecular weight excluding hydrogens is 965 g/mol. The van der Waals surface area contributed by atoms with Crippen molar-refractivity contribution >= 4 is 51.8 Å². The van der Waals surface area contributed by atoms with Gasteiger partial charge in [0.25, 0.3) is 0 Å². The number of aryl methyl sites for hydroxylation is 2. The van der Waals surface area contributed by atoms with Crippen LogP contribution in [0.2, 0.25) is 0 Å². The predicted octanol–water partition coefficient (Wildman–Crippen LogP) is 5.43. The topological polar surface area (TPSA) is 278 Å². The molecule has 3 unspecified atom stereocenters. The molecule has 8 N–H and O–H groups in total. The monoisotopic (exact) mass is 1040 g/mol. The molecule has 0 radical (unpaired) electrons. The molecule has 0 saturated carbocycles. The van der Waals surface area contributed by atoms with Crippen molar-refractivity contribution in [2.45, 2.75) is 156 Å². The summed E-state index contributed by atoms with van der Waals surface area (Å²) in [5, 5.41) is 40.7. The van der Waals surface area contributed by atoms with Crippen molar-refractivity contribution in [1.82, 2.24) is 56.0 Å². The summed E-state index contributed by atoms with van der Waals surface area (Å²) in [5.41, 5.74) is 10.7. The van der Waals surface area contributed by atoms with E-state index in [0.717, 1.165) is 53.8 Å². The first kappa shape index (κ1) is 56.8. The third-order valence-electron chi connectivity index (χ3n) is 12.6. The summed E-state index contributed by atoms with van der Waals surface area (Å²) in [4.78, 5) is 69.2. The lowest BCUT2D eigenvalue weighted by Crippen LogP contribution is -2.57. The number of benzene rings is 1. The number of thiazole rings is 1. The number of carbonyl (C=O) groups excluding carboxylic acids is 4. The first-order valence-corrected chi connectivity index (χ1v) is 26.6. The second kappa shape index (κ2) is 26.7. The highest BCUT2D eigenvalue weighted by Crippen LogP contribution is 2.34. The average molecular weight is 1040 g/mol. The number of aromatic nitrogens is 6. The van der Waals surface area contributed by atoms with Crippen LogP contribution in [0.1, 0.15) is 129 Å². The van der Waals surface area contributed by atoms with Gasteiger partial charge in [0, 0.05) is 45.4 Å². The molecule has 1 saturated heterocycles. The molecule has 74 heavy (non-hydrogen) atoms. The Labute approximate surface area is 437 Å². The van der Waals surface area contributed by atoms with Crippen LogP contribution in [0, 0.1) is 24.2 Å². The van der Waals surface area contributed by atoms with Crippen LogP contribution in [0.3, 0.4) is 0 Å². The molecule has 1 aliphatic heterocycles. The van der Waals surface area contributed by atoms with Gasteiger partial charge in [-0.25, -0.2) is 19.6 Å². The molecule has 1 aromatic carbocycles. The molecule has 400 valence electrons. The molecule has 21 heteroatoms. The number of nitrogens with two attached hydrogens (primary N) is 1. The number of hydrogen-bond donors (Lipinski definition) is 7. The van der Waals surface area contributed by atoms with Gasteiger partial charge in [0.15, 0.2) is 23.1 Å². The molecule has 1 fully saturated rings. The van der Waals surface area contributed by atoms with Crippen LogP contribution < -0.4 is 31.7 Å². The molecule has 5 aromatic rings. The van der Waals surface area contributed by atoms with E-state index in [1.54, 1.807) is 31.4 Å². The van der Waals surface area contributed by atoms with E-state index in [1.165, 1.54) is 4.90 Å². The summed E-state index contributed by atoms with van der Waals surface area (Å²) in [5.74, 6) is 5.86. The Hall–Kier alpha value is -6.47. The number of aliphatic hydroxyl groups is 2. The smallest absolute Gasteiger partial charge is 0.246 e. The Morgan fingerprint density at radius 2 is 1.65 bits per heavy atom.